The Kier molecular flexibility index (Phi) is 4.73. The Balaban J connectivity index is 1.96. The molecular formula is C18H13ClFN3O3. The number of hydrogen-bond donors (Lipinski definition) is 3. The molecule has 132 valence electrons. The highest BCUT2D eigenvalue weighted by molar-refractivity contribution is 6.34. The molecule has 1 aromatic heterocycles. The van der Waals surface area contributed by atoms with E-state index in [9.17, 15) is 18.8 Å². The summed E-state index contributed by atoms with van der Waals surface area (Å²) in [5.41, 5.74) is -0.109. The van der Waals surface area contributed by atoms with Gasteiger partial charge >= 0.3 is 0 Å². The third-order valence-corrected chi connectivity index (χ3v) is 3.97. The van der Waals surface area contributed by atoms with Gasteiger partial charge in [0.25, 0.3) is 5.91 Å². The quantitative estimate of drug-likeness (QED) is 0.656. The molecule has 0 saturated carbocycles. The molecule has 3 aromatic rings. The van der Waals surface area contributed by atoms with E-state index in [1.807, 2.05) is 0 Å². The first-order valence-electron chi connectivity index (χ1n) is 7.55. The predicted octanol–water partition coefficient (Wildman–Crippen LogP) is 3.53. The molecular weight excluding hydrogens is 361 g/mol. The molecule has 26 heavy (non-hydrogen) atoms. The third kappa shape index (κ3) is 3.43. The van der Waals surface area contributed by atoms with Crippen LogP contribution in [0.3, 0.4) is 0 Å². The molecule has 0 saturated heterocycles. The Hall–Kier alpha value is -3.19. The van der Waals surface area contributed by atoms with Gasteiger partial charge in [0.1, 0.15) is 11.4 Å². The maximum Gasteiger partial charge on any atom is 0.261 e. The smallest absolute Gasteiger partial charge is 0.261 e. The Morgan fingerprint density at radius 3 is 2.65 bits per heavy atom. The van der Waals surface area contributed by atoms with Crippen molar-refractivity contribution in [3.63, 3.8) is 0 Å². The number of pyridine rings is 1. The number of rotatable bonds is 3. The summed E-state index contributed by atoms with van der Waals surface area (Å²) in [6.07, 6.45) is 1.15. The number of carbonyl (C=O) groups is 2. The summed E-state index contributed by atoms with van der Waals surface area (Å²) in [4.78, 5) is 38.7. The van der Waals surface area contributed by atoms with Gasteiger partial charge in [-0.05, 0) is 30.3 Å². The highest BCUT2D eigenvalue weighted by atomic mass is 35.5. The number of nitrogens with one attached hydrogen (secondary N) is 3. The van der Waals surface area contributed by atoms with Crippen LogP contribution in [0.15, 0.2) is 47.4 Å². The van der Waals surface area contributed by atoms with E-state index in [0.29, 0.717) is 5.69 Å². The monoisotopic (exact) mass is 373 g/mol. The minimum atomic E-state index is -0.709. The largest absolute Gasteiger partial charge is 0.358 e. The van der Waals surface area contributed by atoms with Crippen LogP contribution >= 0.6 is 11.6 Å². The number of aromatic amines is 1. The zero-order valence-electron chi connectivity index (χ0n) is 13.5. The van der Waals surface area contributed by atoms with E-state index in [0.717, 1.165) is 6.20 Å². The Bertz CT molecular complexity index is 1090. The lowest BCUT2D eigenvalue weighted by atomic mass is 10.1. The lowest BCUT2D eigenvalue weighted by Crippen LogP contribution is -2.22. The van der Waals surface area contributed by atoms with Crippen molar-refractivity contribution in [1.82, 2.24) is 4.98 Å². The number of carbonyl (C=O) groups excluding carboxylic acids is 2. The Labute approximate surface area is 152 Å². The number of hydrogen-bond acceptors (Lipinski definition) is 3. The summed E-state index contributed by atoms with van der Waals surface area (Å²) in [5.74, 6) is -1.57. The first kappa shape index (κ1) is 17.6. The van der Waals surface area contributed by atoms with Crippen LogP contribution in [0.5, 0.6) is 0 Å². The van der Waals surface area contributed by atoms with Crippen molar-refractivity contribution in [2.75, 3.05) is 10.6 Å². The van der Waals surface area contributed by atoms with Gasteiger partial charge < -0.3 is 15.6 Å². The third-order valence-electron chi connectivity index (χ3n) is 3.64. The highest BCUT2D eigenvalue weighted by Crippen LogP contribution is 2.26. The lowest BCUT2D eigenvalue weighted by Gasteiger charge is -2.10. The normalized spacial score (nSPS) is 10.6. The maximum absolute atomic E-state index is 13.7. The van der Waals surface area contributed by atoms with Gasteiger partial charge in [-0.1, -0.05) is 17.7 Å². The van der Waals surface area contributed by atoms with Gasteiger partial charge in [0.15, 0.2) is 0 Å². The molecule has 0 unspecified atom stereocenters. The van der Waals surface area contributed by atoms with E-state index >= 15 is 0 Å². The second-order valence-electron chi connectivity index (χ2n) is 5.52. The van der Waals surface area contributed by atoms with Crippen LogP contribution in [0, 0.1) is 5.82 Å². The molecule has 0 fully saturated rings. The van der Waals surface area contributed by atoms with E-state index < -0.39 is 17.2 Å². The number of amides is 2. The molecule has 0 atom stereocenters. The minimum absolute atomic E-state index is 0.0275. The van der Waals surface area contributed by atoms with Gasteiger partial charge in [-0.2, -0.15) is 0 Å². The molecule has 6 nitrogen and oxygen atoms in total. The fourth-order valence-electron chi connectivity index (χ4n) is 2.48. The molecule has 3 rings (SSSR count). The topological polar surface area (TPSA) is 91.1 Å². The summed E-state index contributed by atoms with van der Waals surface area (Å²) >= 11 is 6.06. The summed E-state index contributed by atoms with van der Waals surface area (Å²) in [6, 6.07) is 8.58. The van der Waals surface area contributed by atoms with Crippen LogP contribution in [0.2, 0.25) is 5.02 Å². The molecule has 2 amide bonds. The maximum atomic E-state index is 13.7. The molecule has 0 bridgehead atoms. The van der Waals surface area contributed by atoms with Crippen molar-refractivity contribution in [2.24, 2.45) is 0 Å². The van der Waals surface area contributed by atoms with Crippen LogP contribution in [-0.4, -0.2) is 16.8 Å². The molecule has 0 aliphatic heterocycles. The summed E-state index contributed by atoms with van der Waals surface area (Å²) in [6.45, 7) is 1.35. The van der Waals surface area contributed by atoms with Crippen molar-refractivity contribution in [2.45, 2.75) is 6.92 Å². The van der Waals surface area contributed by atoms with Crippen molar-refractivity contribution in [3.05, 3.63) is 69.2 Å². The Morgan fingerprint density at radius 2 is 1.92 bits per heavy atom. The molecule has 1 heterocycles. The summed E-state index contributed by atoms with van der Waals surface area (Å²) in [5, 5.41) is 5.39. The van der Waals surface area contributed by atoms with Crippen LogP contribution in [0.25, 0.3) is 10.9 Å². The fraction of sp³-hybridized carbons (Fsp3) is 0.0556. The van der Waals surface area contributed by atoms with Crippen molar-refractivity contribution >= 4 is 45.7 Å². The fourth-order valence-corrected chi connectivity index (χ4v) is 2.64. The standard InChI is InChI=1S/C18H13ClFN3O3/c1-9(24)22-10-5-6-13(19)15(7-10)23-18(26)12-8-21-16-11(17(12)25)3-2-4-14(16)20/h2-8H,1H3,(H,21,25)(H,22,24)(H,23,26). The average Bonchev–Trinajstić information content (AvgIpc) is 2.58. The van der Waals surface area contributed by atoms with Crippen molar-refractivity contribution < 1.29 is 14.0 Å². The second kappa shape index (κ2) is 6.97. The zero-order valence-corrected chi connectivity index (χ0v) is 14.3. The molecule has 0 radical (unpaired) electrons. The van der Waals surface area contributed by atoms with Crippen LogP contribution in [0.1, 0.15) is 17.3 Å². The van der Waals surface area contributed by atoms with Gasteiger partial charge in [0.2, 0.25) is 11.3 Å². The van der Waals surface area contributed by atoms with Crippen molar-refractivity contribution in [3.8, 4) is 0 Å². The number of aromatic nitrogens is 1. The van der Waals surface area contributed by atoms with Crippen LogP contribution < -0.4 is 16.1 Å². The number of benzene rings is 2. The minimum Gasteiger partial charge on any atom is -0.358 e. The van der Waals surface area contributed by atoms with Crippen molar-refractivity contribution in [1.29, 1.82) is 0 Å². The molecule has 0 aliphatic carbocycles. The van der Waals surface area contributed by atoms with Gasteiger partial charge in [-0.25, -0.2) is 4.39 Å². The molecule has 0 spiro atoms. The van der Waals surface area contributed by atoms with E-state index in [-0.39, 0.29) is 33.1 Å². The highest BCUT2D eigenvalue weighted by Gasteiger charge is 2.16. The first-order valence-corrected chi connectivity index (χ1v) is 7.93. The van der Waals surface area contributed by atoms with E-state index in [1.165, 1.54) is 37.3 Å². The lowest BCUT2D eigenvalue weighted by molar-refractivity contribution is -0.114. The van der Waals surface area contributed by atoms with Gasteiger partial charge in [-0.3, -0.25) is 14.4 Å². The van der Waals surface area contributed by atoms with Crippen LogP contribution in [0.4, 0.5) is 15.8 Å². The number of para-hydroxylation sites is 1. The molecule has 0 aliphatic rings. The van der Waals surface area contributed by atoms with Gasteiger partial charge in [0, 0.05) is 24.2 Å². The number of anilines is 2. The second-order valence-corrected chi connectivity index (χ2v) is 5.93. The first-order chi connectivity index (χ1) is 12.4. The predicted molar refractivity (Wildman–Crippen MR) is 98.2 cm³/mol. The van der Waals surface area contributed by atoms with Gasteiger partial charge in [0.05, 0.1) is 16.2 Å². The summed E-state index contributed by atoms with van der Waals surface area (Å²) < 4.78 is 13.7. The van der Waals surface area contributed by atoms with Crippen LogP contribution in [-0.2, 0) is 4.79 Å². The number of fused-ring (bicyclic) bond motifs is 1. The molecule has 3 N–H and O–H groups in total. The average molecular weight is 374 g/mol. The van der Waals surface area contributed by atoms with E-state index in [4.69, 9.17) is 11.6 Å². The van der Waals surface area contributed by atoms with E-state index in [1.54, 1.807) is 6.07 Å². The van der Waals surface area contributed by atoms with E-state index in [2.05, 4.69) is 15.6 Å². The SMILES string of the molecule is CC(=O)Nc1ccc(Cl)c(NC(=O)c2c[nH]c3c(F)cccc3c2=O)c1. The molecule has 2 aromatic carbocycles. The zero-order chi connectivity index (χ0) is 18.8. The Morgan fingerprint density at radius 1 is 1.15 bits per heavy atom. The molecule has 8 heteroatoms. The van der Waals surface area contributed by atoms with Gasteiger partial charge in [-0.15, -0.1) is 0 Å². The number of halogens is 2. The number of H-pyrrole nitrogens is 1. The summed E-state index contributed by atoms with van der Waals surface area (Å²) in [7, 11) is 0.